The van der Waals surface area contributed by atoms with Crippen molar-refractivity contribution >= 4 is 45.4 Å². The molecule has 0 saturated carbocycles. The first-order chi connectivity index (χ1) is 13.9. The lowest BCUT2D eigenvalue weighted by Crippen LogP contribution is -2.30. The molecule has 6 nitrogen and oxygen atoms in total. The summed E-state index contributed by atoms with van der Waals surface area (Å²) >= 11 is 7.55. The number of amides is 1. The Labute approximate surface area is 179 Å². The second-order valence-electron chi connectivity index (χ2n) is 6.70. The minimum absolute atomic E-state index is 0.152. The topological polar surface area (TPSA) is 66.5 Å². The van der Waals surface area contributed by atoms with E-state index in [1.54, 1.807) is 25.3 Å². The fraction of sp³-hybridized carbons (Fsp3) is 0.238. The van der Waals surface area contributed by atoms with E-state index in [2.05, 4.69) is 34.7 Å². The zero-order valence-electron chi connectivity index (χ0n) is 16.5. The van der Waals surface area contributed by atoms with Crippen LogP contribution in [-0.2, 0) is 11.3 Å². The molecule has 1 heterocycles. The molecular formula is C21H23ClN4O2S. The molecule has 0 aliphatic carbocycles. The maximum atomic E-state index is 12.4. The van der Waals surface area contributed by atoms with E-state index >= 15 is 0 Å². The quantitative estimate of drug-likeness (QED) is 0.530. The fourth-order valence-electron chi connectivity index (χ4n) is 2.74. The van der Waals surface area contributed by atoms with Gasteiger partial charge in [0.1, 0.15) is 5.75 Å². The van der Waals surface area contributed by atoms with Crippen LogP contribution in [0.4, 0.5) is 16.5 Å². The number of likely N-dealkylation sites (N-methyl/N-ethyl adjacent to an activating group) is 1. The van der Waals surface area contributed by atoms with Crippen molar-refractivity contribution in [2.45, 2.75) is 13.5 Å². The summed E-state index contributed by atoms with van der Waals surface area (Å²) in [7, 11) is 3.43. The second-order valence-corrected chi connectivity index (χ2v) is 7.99. The highest BCUT2D eigenvalue weighted by Crippen LogP contribution is 2.27. The Kier molecular flexibility index (Phi) is 7.09. The molecule has 2 aromatic carbocycles. The molecule has 1 amide bonds. The van der Waals surface area contributed by atoms with Gasteiger partial charge in [0.25, 0.3) is 0 Å². The van der Waals surface area contributed by atoms with Gasteiger partial charge in [0.05, 0.1) is 25.0 Å². The average Bonchev–Trinajstić information content (AvgIpc) is 3.10. The summed E-state index contributed by atoms with van der Waals surface area (Å²) in [5, 5.41) is 9.49. The number of methoxy groups -OCH3 is 1. The van der Waals surface area contributed by atoms with Crippen LogP contribution in [0.2, 0.25) is 5.02 Å². The van der Waals surface area contributed by atoms with Crippen LogP contribution < -0.4 is 15.4 Å². The van der Waals surface area contributed by atoms with Crippen molar-refractivity contribution in [1.29, 1.82) is 0 Å². The van der Waals surface area contributed by atoms with Crippen LogP contribution >= 0.6 is 22.9 Å². The number of ether oxygens (including phenoxy) is 1. The maximum Gasteiger partial charge on any atom is 0.238 e. The molecule has 0 fully saturated rings. The Morgan fingerprint density at radius 3 is 2.72 bits per heavy atom. The SMILES string of the molecule is COc1ccc(Cl)cc1NC(=O)CN(C)Cc1csc(Nc2ccc(C)cc2)n1. The molecule has 8 heteroatoms. The monoisotopic (exact) mass is 430 g/mol. The largest absolute Gasteiger partial charge is 0.495 e. The molecule has 29 heavy (non-hydrogen) atoms. The van der Waals surface area contributed by atoms with Crippen LogP contribution in [0, 0.1) is 6.92 Å². The van der Waals surface area contributed by atoms with E-state index in [-0.39, 0.29) is 12.5 Å². The van der Waals surface area contributed by atoms with Crippen LogP contribution in [0.25, 0.3) is 0 Å². The zero-order chi connectivity index (χ0) is 20.8. The number of carbonyl (C=O) groups is 1. The first-order valence-corrected chi connectivity index (χ1v) is 10.3. The Hall–Kier alpha value is -2.61. The van der Waals surface area contributed by atoms with Crippen molar-refractivity contribution in [3.05, 3.63) is 64.1 Å². The van der Waals surface area contributed by atoms with Gasteiger partial charge in [-0.25, -0.2) is 4.98 Å². The molecule has 3 rings (SSSR count). The third kappa shape index (κ3) is 6.19. The molecule has 0 bridgehead atoms. The van der Waals surface area contributed by atoms with Crippen LogP contribution in [0.1, 0.15) is 11.3 Å². The molecular weight excluding hydrogens is 408 g/mol. The number of benzene rings is 2. The number of halogens is 1. The van der Waals surface area contributed by atoms with Crippen molar-refractivity contribution in [2.24, 2.45) is 0 Å². The normalized spacial score (nSPS) is 10.8. The summed E-state index contributed by atoms with van der Waals surface area (Å²) in [4.78, 5) is 18.9. The number of anilines is 3. The number of aromatic nitrogens is 1. The summed E-state index contributed by atoms with van der Waals surface area (Å²) in [5.74, 6) is 0.415. The molecule has 0 aliphatic rings. The van der Waals surface area contributed by atoms with Crippen LogP contribution in [0.5, 0.6) is 5.75 Å². The highest BCUT2D eigenvalue weighted by molar-refractivity contribution is 7.13. The van der Waals surface area contributed by atoms with E-state index in [0.29, 0.717) is 23.0 Å². The van der Waals surface area contributed by atoms with Crippen molar-refractivity contribution in [1.82, 2.24) is 9.88 Å². The van der Waals surface area contributed by atoms with E-state index in [9.17, 15) is 4.79 Å². The van der Waals surface area contributed by atoms with Gasteiger partial charge in [-0.1, -0.05) is 29.3 Å². The first-order valence-electron chi connectivity index (χ1n) is 9.03. The Bertz CT molecular complexity index is 975. The number of hydrogen-bond acceptors (Lipinski definition) is 6. The molecule has 0 aliphatic heterocycles. The number of carbonyl (C=O) groups excluding carboxylic acids is 1. The lowest BCUT2D eigenvalue weighted by atomic mass is 10.2. The fourth-order valence-corrected chi connectivity index (χ4v) is 3.64. The third-order valence-corrected chi connectivity index (χ3v) is 5.18. The van der Waals surface area contributed by atoms with Gasteiger partial charge in [0.15, 0.2) is 5.13 Å². The van der Waals surface area contributed by atoms with Crippen molar-refractivity contribution < 1.29 is 9.53 Å². The summed E-state index contributed by atoms with van der Waals surface area (Å²) in [5.41, 5.74) is 3.67. The van der Waals surface area contributed by atoms with E-state index in [4.69, 9.17) is 16.3 Å². The van der Waals surface area contributed by atoms with E-state index in [0.717, 1.165) is 16.5 Å². The van der Waals surface area contributed by atoms with Crippen LogP contribution in [0.15, 0.2) is 47.8 Å². The summed E-state index contributed by atoms with van der Waals surface area (Å²) < 4.78 is 5.26. The van der Waals surface area contributed by atoms with Gasteiger partial charge in [0, 0.05) is 22.6 Å². The number of rotatable bonds is 8. The standard InChI is InChI=1S/C21H23ClN4O2S/c1-14-4-7-16(8-5-14)23-21-24-17(13-29-21)11-26(2)12-20(27)25-18-10-15(22)6-9-19(18)28-3/h4-10,13H,11-12H2,1-3H3,(H,23,24)(H,25,27). The molecule has 3 aromatic rings. The van der Waals surface area contributed by atoms with Crippen molar-refractivity contribution in [3.63, 3.8) is 0 Å². The number of hydrogen-bond donors (Lipinski definition) is 2. The van der Waals surface area contributed by atoms with E-state index in [1.807, 2.05) is 29.5 Å². The molecule has 0 atom stereocenters. The third-order valence-electron chi connectivity index (χ3n) is 4.14. The molecule has 1 aromatic heterocycles. The Morgan fingerprint density at radius 1 is 1.24 bits per heavy atom. The Morgan fingerprint density at radius 2 is 2.00 bits per heavy atom. The Balaban J connectivity index is 1.53. The van der Waals surface area contributed by atoms with Gasteiger partial charge in [-0.05, 0) is 44.3 Å². The molecule has 2 N–H and O–H groups in total. The van der Waals surface area contributed by atoms with Gasteiger partial charge in [-0.15, -0.1) is 11.3 Å². The van der Waals surface area contributed by atoms with Gasteiger partial charge < -0.3 is 15.4 Å². The number of nitrogens with one attached hydrogen (secondary N) is 2. The first kappa shape index (κ1) is 21.1. The smallest absolute Gasteiger partial charge is 0.238 e. The minimum Gasteiger partial charge on any atom is -0.495 e. The second kappa shape index (κ2) is 9.73. The molecule has 0 saturated heterocycles. The minimum atomic E-state index is -0.152. The van der Waals surface area contributed by atoms with Crippen LogP contribution in [0.3, 0.4) is 0 Å². The van der Waals surface area contributed by atoms with E-state index < -0.39 is 0 Å². The van der Waals surface area contributed by atoms with E-state index in [1.165, 1.54) is 16.9 Å². The molecule has 0 radical (unpaired) electrons. The highest BCUT2D eigenvalue weighted by atomic mass is 35.5. The van der Waals surface area contributed by atoms with Crippen LogP contribution in [-0.4, -0.2) is 36.5 Å². The van der Waals surface area contributed by atoms with Gasteiger partial charge in [-0.3, -0.25) is 9.69 Å². The molecule has 152 valence electrons. The maximum absolute atomic E-state index is 12.4. The molecule has 0 spiro atoms. The van der Waals surface area contributed by atoms with Gasteiger partial charge in [0.2, 0.25) is 5.91 Å². The summed E-state index contributed by atoms with van der Waals surface area (Å²) in [6.45, 7) is 2.83. The predicted octanol–water partition coefficient (Wildman–Crippen LogP) is 4.93. The number of nitrogens with zero attached hydrogens (tertiary/aromatic N) is 2. The summed E-state index contributed by atoms with van der Waals surface area (Å²) in [6.07, 6.45) is 0. The van der Waals surface area contributed by atoms with Gasteiger partial charge >= 0.3 is 0 Å². The van der Waals surface area contributed by atoms with Crippen molar-refractivity contribution in [2.75, 3.05) is 31.3 Å². The predicted molar refractivity (Wildman–Crippen MR) is 120 cm³/mol. The van der Waals surface area contributed by atoms with Crippen molar-refractivity contribution in [3.8, 4) is 5.75 Å². The lowest BCUT2D eigenvalue weighted by Gasteiger charge is -2.16. The van der Waals surface area contributed by atoms with Gasteiger partial charge in [-0.2, -0.15) is 0 Å². The lowest BCUT2D eigenvalue weighted by molar-refractivity contribution is -0.117. The average molecular weight is 431 g/mol. The number of aryl methyl sites for hydroxylation is 1. The molecule has 0 unspecified atom stereocenters. The number of thiazole rings is 1. The zero-order valence-corrected chi connectivity index (χ0v) is 18.1. The summed E-state index contributed by atoms with van der Waals surface area (Å²) in [6, 6.07) is 13.3. The highest BCUT2D eigenvalue weighted by Gasteiger charge is 2.12.